The van der Waals surface area contributed by atoms with E-state index in [0.29, 0.717) is 24.6 Å². The van der Waals surface area contributed by atoms with E-state index in [1.54, 1.807) is 16.4 Å². The molecule has 0 aromatic carbocycles. The molecule has 0 spiro atoms. The fourth-order valence-corrected chi connectivity index (χ4v) is 3.50. The fourth-order valence-electron chi connectivity index (χ4n) is 3.50. The molecular weight excluding hydrogens is 320 g/mol. The number of hydrogen-bond acceptors (Lipinski definition) is 5. The lowest BCUT2D eigenvalue weighted by molar-refractivity contribution is -0.00710. The molecule has 0 bridgehead atoms. The molecule has 1 aliphatic carbocycles. The number of hydrogen-bond donors (Lipinski definition) is 1. The second-order valence-electron chi connectivity index (χ2n) is 7.10. The minimum atomic E-state index is -0.131. The summed E-state index contributed by atoms with van der Waals surface area (Å²) < 4.78 is 9.22. The number of rotatable bonds is 4. The third kappa shape index (κ3) is 2.95. The molecule has 2 atom stereocenters. The van der Waals surface area contributed by atoms with E-state index in [2.05, 4.69) is 20.5 Å². The zero-order valence-corrected chi connectivity index (χ0v) is 15.1. The number of ether oxygens (including phenoxy) is 1. The first-order valence-electron chi connectivity index (χ1n) is 8.83. The van der Waals surface area contributed by atoms with Crippen LogP contribution in [0.2, 0.25) is 0 Å². The number of carbonyl (C=O) groups is 1. The highest BCUT2D eigenvalue weighted by Gasteiger charge is 2.32. The van der Waals surface area contributed by atoms with Gasteiger partial charge >= 0.3 is 0 Å². The molecule has 4 rings (SSSR count). The van der Waals surface area contributed by atoms with Gasteiger partial charge in [0.15, 0.2) is 5.82 Å². The van der Waals surface area contributed by atoms with Crippen molar-refractivity contribution in [3.63, 3.8) is 0 Å². The van der Waals surface area contributed by atoms with Gasteiger partial charge in [-0.3, -0.25) is 14.2 Å². The Hall–Kier alpha value is -2.22. The van der Waals surface area contributed by atoms with Gasteiger partial charge in [-0.05, 0) is 26.7 Å². The van der Waals surface area contributed by atoms with Gasteiger partial charge < -0.3 is 10.1 Å². The number of carbonyl (C=O) groups excluding carboxylic acids is 1. The van der Waals surface area contributed by atoms with Crippen LogP contribution in [0.1, 0.15) is 72.1 Å². The molecule has 0 radical (unpaired) electrons. The largest absolute Gasteiger partial charge is 0.369 e. The summed E-state index contributed by atoms with van der Waals surface area (Å²) in [5.41, 5.74) is 2.46. The quantitative estimate of drug-likeness (QED) is 0.905. The number of amides is 1. The van der Waals surface area contributed by atoms with Gasteiger partial charge in [0.05, 0.1) is 24.4 Å². The van der Waals surface area contributed by atoms with Gasteiger partial charge in [-0.25, -0.2) is 4.98 Å². The maximum atomic E-state index is 12.8. The Bertz CT molecular complexity index is 819. The van der Waals surface area contributed by atoms with Crippen LogP contribution in [0.3, 0.4) is 0 Å². The van der Waals surface area contributed by atoms with Gasteiger partial charge in [0, 0.05) is 32.0 Å². The number of nitrogens with one attached hydrogen (secondary N) is 1. The summed E-state index contributed by atoms with van der Waals surface area (Å²) in [7, 11) is 3.67. The van der Waals surface area contributed by atoms with Gasteiger partial charge in [0.1, 0.15) is 11.5 Å². The molecule has 2 aliphatic rings. The van der Waals surface area contributed by atoms with Crippen LogP contribution in [0, 0.1) is 0 Å². The highest BCUT2D eigenvalue weighted by atomic mass is 16.5. The first kappa shape index (κ1) is 16.3. The van der Waals surface area contributed by atoms with Crippen molar-refractivity contribution < 1.29 is 9.53 Å². The summed E-state index contributed by atoms with van der Waals surface area (Å²) in [6.45, 7) is 4.35. The molecule has 25 heavy (non-hydrogen) atoms. The van der Waals surface area contributed by atoms with Crippen LogP contribution in [0.4, 0.5) is 0 Å². The van der Waals surface area contributed by atoms with Crippen LogP contribution < -0.4 is 5.32 Å². The lowest BCUT2D eigenvalue weighted by Crippen LogP contribution is -2.29. The third-order valence-corrected chi connectivity index (χ3v) is 4.92. The standard InChI is InChI=1S/C17H24N6O2/c1-9-7-12-14(10(2)25-9)20-23(4)15(12)17(24)18-8-13-19-16(11-5-6-11)21-22(13)3/h9-11H,5-8H2,1-4H3,(H,18,24)/t9-,10+/m1/s1. The van der Waals surface area contributed by atoms with Crippen molar-refractivity contribution >= 4 is 5.91 Å². The molecule has 3 heterocycles. The molecule has 1 N–H and O–H groups in total. The Labute approximate surface area is 146 Å². The molecule has 1 saturated carbocycles. The average Bonchev–Trinajstić information content (AvgIpc) is 3.25. The van der Waals surface area contributed by atoms with Crippen molar-refractivity contribution in [1.29, 1.82) is 0 Å². The van der Waals surface area contributed by atoms with E-state index in [0.717, 1.165) is 35.7 Å². The molecule has 2 aromatic rings. The van der Waals surface area contributed by atoms with Crippen molar-refractivity contribution in [3.05, 3.63) is 28.6 Å². The molecule has 134 valence electrons. The molecule has 8 heteroatoms. The first-order valence-corrected chi connectivity index (χ1v) is 8.83. The summed E-state index contributed by atoms with van der Waals surface area (Å²) in [4.78, 5) is 17.3. The zero-order valence-electron chi connectivity index (χ0n) is 15.1. The number of nitrogens with zero attached hydrogens (tertiary/aromatic N) is 5. The van der Waals surface area contributed by atoms with Crippen molar-refractivity contribution in [2.45, 2.75) is 57.8 Å². The summed E-state index contributed by atoms with van der Waals surface area (Å²) in [5, 5.41) is 11.9. The van der Waals surface area contributed by atoms with E-state index >= 15 is 0 Å². The molecule has 0 saturated heterocycles. The average molecular weight is 344 g/mol. The SMILES string of the molecule is C[C@@H]1Cc2c(nn(C)c2C(=O)NCc2nc(C3CC3)nn2C)[C@H](C)O1. The molecule has 2 aromatic heterocycles. The smallest absolute Gasteiger partial charge is 0.270 e. The summed E-state index contributed by atoms with van der Waals surface area (Å²) in [6.07, 6.45) is 3.01. The van der Waals surface area contributed by atoms with Gasteiger partial charge in [-0.1, -0.05) is 0 Å². The molecule has 8 nitrogen and oxygen atoms in total. The molecule has 1 aliphatic heterocycles. The van der Waals surface area contributed by atoms with Crippen LogP contribution in [0.5, 0.6) is 0 Å². The predicted molar refractivity (Wildman–Crippen MR) is 90.0 cm³/mol. The Morgan fingerprint density at radius 3 is 2.72 bits per heavy atom. The monoisotopic (exact) mass is 344 g/mol. The summed E-state index contributed by atoms with van der Waals surface area (Å²) >= 11 is 0. The topological polar surface area (TPSA) is 86.9 Å². The van der Waals surface area contributed by atoms with E-state index in [9.17, 15) is 4.79 Å². The minimum absolute atomic E-state index is 0.0816. The Morgan fingerprint density at radius 2 is 2.00 bits per heavy atom. The van der Waals surface area contributed by atoms with E-state index in [4.69, 9.17) is 4.74 Å². The van der Waals surface area contributed by atoms with E-state index in [-0.39, 0.29) is 18.1 Å². The van der Waals surface area contributed by atoms with Gasteiger partial charge in [0.2, 0.25) is 0 Å². The highest BCUT2D eigenvalue weighted by molar-refractivity contribution is 5.94. The van der Waals surface area contributed by atoms with Crippen LogP contribution in [0.25, 0.3) is 0 Å². The molecule has 1 fully saturated rings. The lowest BCUT2D eigenvalue weighted by atomic mass is 9.99. The normalized spacial score (nSPS) is 22.7. The van der Waals surface area contributed by atoms with Crippen molar-refractivity contribution in [2.24, 2.45) is 14.1 Å². The Balaban J connectivity index is 1.52. The summed E-state index contributed by atoms with van der Waals surface area (Å²) in [6, 6.07) is 0. The number of fused-ring (bicyclic) bond motifs is 1. The minimum Gasteiger partial charge on any atom is -0.369 e. The number of aromatic nitrogens is 5. The molecule has 1 amide bonds. The van der Waals surface area contributed by atoms with Crippen LogP contribution >= 0.6 is 0 Å². The second-order valence-corrected chi connectivity index (χ2v) is 7.10. The molecule has 0 unspecified atom stereocenters. The maximum absolute atomic E-state index is 12.8. The Kier molecular flexibility index (Phi) is 3.87. The van der Waals surface area contributed by atoms with Crippen molar-refractivity contribution in [3.8, 4) is 0 Å². The molecular formula is C17H24N6O2. The lowest BCUT2D eigenvalue weighted by Gasteiger charge is -2.24. The second kappa shape index (κ2) is 5.94. The van der Waals surface area contributed by atoms with Crippen molar-refractivity contribution in [2.75, 3.05) is 0 Å². The maximum Gasteiger partial charge on any atom is 0.270 e. The van der Waals surface area contributed by atoms with Gasteiger partial charge in [-0.2, -0.15) is 10.2 Å². The van der Waals surface area contributed by atoms with Crippen LogP contribution in [-0.4, -0.2) is 36.6 Å². The van der Waals surface area contributed by atoms with E-state index in [1.807, 2.05) is 20.9 Å². The van der Waals surface area contributed by atoms with Crippen LogP contribution in [-0.2, 0) is 31.8 Å². The van der Waals surface area contributed by atoms with Crippen molar-refractivity contribution in [1.82, 2.24) is 29.9 Å². The van der Waals surface area contributed by atoms with E-state index in [1.165, 1.54) is 0 Å². The van der Waals surface area contributed by atoms with Gasteiger partial charge in [0.25, 0.3) is 5.91 Å². The number of aryl methyl sites for hydroxylation is 2. The summed E-state index contributed by atoms with van der Waals surface area (Å²) in [5.74, 6) is 2.04. The predicted octanol–water partition coefficient (Wildman–Crippen LogP) is 1.38. The van der Waals surface area contributed by atoms with E-state index < -0.39 is 0 Å². The van der Waals surface area contributed by atoms with Gasteiger partial charge in [-0.15, -0.1) is 0 Å². The van der Waals surface area contributed by atoms with Crippen LogP contribution in [0.15, 0.2) is 0 Å². The highest BCUT2D eigenvalue weighted by Crippen LogP contribution is 2.38. The third-order valence-electron chi connectivity index (χ3n) is 4.92. The Morgan fingerprint density at radius 1 is 1.24 bits per heavy atom. The zero-order chi connectivity index (χ0) is 17.7. The first-order chi connectivity index (χ1) is 11.9. The fraction of sp³-hybridized carbons (Fsp3) is 0.647.